The molecular formula is C15H22N2O2S. The molecule has 4 nitrogen and oxygen atoms in total. The van der Waals surface area contributed by atoms with Crippen LogP contribution < -0.4 is 15.4 Å². The zero-order valence-electron chi connectivity index (χ0n) is 12.1. The summed E-state index contributed by atoms with van der Waals surface area (Å²) in [5, 5.41) is 6.10. The molecule has 1 heterocycles. The summed E-state index contributed by atoms with van der Waals surface area (Å²) in [6.07, 6.45) is 0.819. The first-order valence-electron chi connectivity index (χ1n) is 6.96. The van der Waals surface area contributed by atoms with E-state index in [1.54, 1.807) is 11.8 Å². The van der Waals surface area contributed by atoms with Crippen LogP contribution in [0.2, 0.25) is 0 Å². The van der Waals surface area contributed by atoms with Gasteiger partial charge in [-0.05, 0) is 31.4 Å². The molecule has 0 spiro atoms. The molecule has 0 aromatic heterocycles. The van der Waals surface area contributed by atoms with Gasteiger partial charge in [-0.25, -0.2) is 0 Å². The maximum atomic E-state index is 11.8. The quantitative estimate of drug-likeness (QED) is 0.786. The van der Waals surface area contributed by atoms with E-state index in [4.69, 9.17) is 4.74 Å². The first-order valence-corrected chi connectivity index (χ1v) is 8.12. The molecule has 0 unspecified atom stereocenters. The molecule has 0 saturated carbocycles. The lowest BCUT2D eigenvalue weighted by Gasteiger charge is -2.13. The summed E-state index contributed by atoms with van der Waals surface area (Å²) in [6.45, 7) is 5.38. The Balaban J connectivity index is 1.65. The van der Waals surface area contributed by atoms with Crippen LogP contribution in [0.3, 0.4) is 0 Å². The molecule has 1 amide bonds. The summed E-state index contributed by atoms with van der Waals surface area (Å²) in [5.41, 5.74) is 2.31. The van der Waals surface area contributed by atoms with E-state index in [0.717, 1.165) is 34.9 Å². The van der Waals surface area contributed by atoms with Crippen molar-refractivity contribution >= 4 is 17.7 Å². The number of para-hydroxylation sites is 1. The van der Waals surface area contributed by atoms with Crippen LogP contribution in [-0.4, -0.2) is 36.7 Å². The molecule has 5 heteroatoms. The van der Waals surface area contributed by atoms with Gasteiger partial charge in [0.25, 0.3) is 0 Å². The van der Waals surface area contributed by atoms with E-state index >= 15 is 0 Å². The third-order valence-corrected chi connectivity index (χ3v) is 4.25. The average molecular weight is 294 g/mol. The topological polar surface area (TPSA) is 50.4 Å². The monoisotopic (exact) mass is 294 g/mol. The summed E-state index contributed by atoms with van der Waals surface area (Å²) < 4.78 is 5.80. The number of benzene rings is 1. The lowest BCUT2D eigenvalue weighted by molar-refractivity contribution is -0.122. The van der Waals surface area contributed by atoms with Crippen LogP contribution in [0.15, 0.2) is 18.2 Å². The van der Waals surface area contributed by atoms with E-state index in [9.17, 15) is 4.79 Å². The first-order chi connectivity index (χ1) is 9.68. The maximum Gasteiger partial charge on any atom is 0.238 e. The minimum Gasteiger partial charge on any atom is -0.493 e. The second-order valence-corrected chi connectivity index (χ2v) is 6.02. The number of aryl methyl sites for hydroxylation is 2. The van der Waals surface area contributed by atoms with Gasteiger partial charge in [-0.3, -0.25) is 10.1 Å². The molecular weight excluding hydrogens is 272 g/mol. The van der Waals surface area contributed by atoms with E-state index in [2.05, 4.69) is 10.6 Å². The molecule has 1 aromatic carbocycles. The Morgan fingerprint density at radius 2 is 2.20 bits per heavy atom. The van der Waals surface area contributed by atoms with E-state index < -0.39 is 0 Å². The molecule has 1 saturated heterocycles. The Bertz CT molecular complexity index is 439. The Kier molecular flexibility index (Phi) is 5.73. The second-order valence-electron chi connectivity index (χ2n) is 4.99. The number of hydrogen-bond acceptors (Lipinski definition) is 4. The van der Waals surface area contributed by atoms with Crippen LogP contribution in [0, 0.1) is 13.8 Å². The highest BCUT2D eigenvalue weighted by Crippen LogP contribution is 2.22. The number of hydrogen-bond donors (Lipinski definition) is 2. The van der Waals surface area contributed by atoms with Crippen molar-refractivity contribution in [3.63, 3.8) is 0 Å². The van der Waals surface area contributed by atoms with Gasteiger partial charge >= 0.3 is 0 Å². The Morgan fingerprint density at radius 3 is 2.85 bits per heavy atom. The minimum absolute atomic E-state index is 0.0282. The number of amides is 1. The summed E-state index contributed by atoms with van der Waals surface area (Å²) in [5.74, 6) is 2.80. The van der Waals surface area contributed by atoms with E-state index in [-0.39, 0.29) is 11.9 Å². The largest absolute Gasteiger partial charge is 0.493 e. The van der Waals surface area contributed by atoms with Gasteiger partial charge in [0.2, 0.25) is 5.91 Å². The molecule has 1 atom stereocenters. The van der Waals surface area contributed by atoms with Crippen molar-refractivity contribution in [2.24, 2.45) is 0 Å². The summed E-state index contributed by atoms with van der Waals surface area (Å²) in [7, 11) is 0. The standard InChI is InChI=1S/C15H22N2O2S/c1-11-5-3-6-12(2)14(11)19-8-4-7-16-15(18)13-9-20-10-17-13/h3,5-6,13,17H,4,7-10H2,1-2H3,(H,16,18)/t13-/m1/s1. The fourth-order valence-corrected chi connectivity index (χ4v) is 3.11. The van der Waals surface area contributed by atoms with Crippen LogP contribution >= 0.6 is 11.8 Å². The van der Waals surface area contributed by atoms with Crippen LogP contribution in [0.1, 0.15) is 17.5 Å². The number of carbonyl (C=O) groups excluding carboxylic acids is 1. The highest BCUT2D eigenvalue weighted by Gasteiger charge is 2.21. The number of rotatable bonds is 6. The predicted molar refractivity (Wildman–Crippen MR) is 83.3 cm³/mol. The van der Waals surface area contributed by atoms with E-state index in [1.165, 1.54) is 0 Å². The zero-order valence-corrected chi connectivity index (χ0v) is 12.9. The smallest absolute Gasteiger partial charge is 0.238 e. The molecule has 0 radical (unpaired) electrons. The Hall–Kier alpha value is -1.20. The van der Waals surface area contributed by atoms with Crippen LogP contribution in [0.25, 0.3) is 0 Å². The maximum absolute atomic E-state index is 11.8. The van der Waals surface area contributed by atoms with E-state index in [1.807, 2.05) is 32.0 Å². The average Bonchev–Trinajstić information content (AvgIpc) is 2.95. The molecule has 1 aromatic rings. The highest BCUT2D eigenvalue weighted by atomic mass is 32.2. The lowest BCUT2D eigenvalue weighted by atomic mass is 10.1. The van der Waals surface area contributed by atoms with Crippen molar-refractivity contribution in [1.29, 1.82) is 0 Å². The van der Waals surface area contributed by atoms with Crippen molar-refractivity contribution < 1.29 is 9.53 Å². The number of ether oxygens (including phenoxy) is 1. The Morgan fingerprint density at radius 1 is 1.45 bits per heavy atom. The molecule has 2 N–H and O–H groups in total. The molecule has 110 valence electrons. The molecule has 0 aliphatic carbocycles. The van der Waals surface area contributed by atoms with Gasteiger partial charge in [0.15, 0.2) is 0 Å². The van der Waals surface area contributed by atoms with Crippen molar-refractivity contribution in [1.82, 2.24) is 10.6 Å². The summed E-state index contributed by atoms with van der Waals surface area (Å²) in [6, 6.07) is 6.10. The normalized spacial score (nSPS) is 18.0. The SMILES string of the molecule is Cc1cccc(C)c1OCCCNC(=O)[C@H]1CSCN1. The molecule has 1 aliphatic rings. The van der Waals surface area contributed by atoms with Crippen LogP contribution in [-0.2, 0) is 4.79 Å². The van der Waals surface area contributed by atoms with Crippen molar-refractivity contribution in [2.75, 3.05) is 24.8 Å². The lowest BCUT2D eigenvalue weighted by Crippen LogP contribution is -2.42. The predicted octanol–water partition coefficient (Wildman–Crippen LogP) is 1.85. The van der Waals surface area contributed by atoms with Gasteiger partial charge in [0.1, 0.15) is 5.75 Å². The molecule has 20 heavy (non-hydrogen) atoms. The van der Waals surface area contributed by atoms with E-state index in [0.29, 0.717) is 13.2 Å². The number of carbonyl (C=O) groups is 1. The van der Waals surface area contributed by atoms with Crippen LogP contribution in [0.5, 0.6) is 5.75 Å². The van der Waals surface area contributed by atoms with Crippen molar-refractivity contribution in [2.45, 2.75) is 26.3 Å². The van der Waals surface area contributed by atoms with Gasteiger partial charge in [-0.2, -0.15) is 0 Å². The molecule has 1 aliphatic heterocycles. The van der Waals surface area contributed by atoms with Gasteiger partial charge in [0, 0.05) is 18.2 Å². The fraction of sp³-hybridized carbons (Fsp3) is 0.533. The van der Waals surface area contributed by atoms with Crippen LogP contribution in [0.4, 0.5) is 0 Å². The first kappa shape index (κ1) is 15.2. The molecule has 2 rings (SSSR count). The van der Waals surface area contributed by atoms with Gasteiger partial charge in [0.05, 0.1) is 12.6 Å². The third-order valence-electron chi connectivity index (χ3n) is 3.31. The molecule has 1 fully saturated rings. The highest BCUT2D eigenvalue weighted by molar-refractivity contribution is 7.99. The van der Waals surface area contributed by atoms with Gasteiger partial charge in [-0.15, -0.1) is 11.8 Å². The van der Waals surface area contributed by atoms with Gasteiger partial charge < -0.3 is 10.1 Å². The summed E-state index contributed by atoms with van der Waals surface area (Å²) >= 11 is 1.76. The Labute approximate surface area is 124 Å². The second kappa shape index (κ2) is 7.55. The van der Waals surface area contributed by atoms with Crippen molar-refractivity contribution in [3.8, 4) is 5.75 Å². The molecule has 0 bridgehead atoms. The number of thioether (sulfide) groups is 1. The zero-order chi connectivity index (χ0) is 14.4. The fourth-order valence-electron chi connectivity index (χ4n) is 2.17. The summed E-state index contributed by atoms with van der Waals surface area (Å²) in [4.78, 5) is 11.8. The minimum atomic E-state index is -0.0282. The van der Waals surface area contributed by atoms with Crippen molar-refractivity contribution in [3.05, 3.63) is 29.3 Å². The number of nitrogens with one attached hydrogen (secondary N) is 2. The van der Waals surface area contributed by atoms with Gasteiger partial charge in [-0.1, -0.05) is 18.2 Å². The third kappa shape index (κ3) is 4.15.